The molecule has 1 amide bonds. The monoisotopic (exact) mass is 411 g/mol. The maximum atomic E-state index is 13.6. The van der Waals surface area contributed by atoms with Gasteiger partial charge in [0.1, 0.15) is 5.75 Å². The molecule has 30 heavy (non-hydrogen) atoms. The number of ether oxygens (including phenoxy) is 1. The van der Waals surface area contributed by atoms with Crippen molar-refractivity contribution in [3.63, 3.8) is 0 Å². The number of carbonyl (C=O) groups is 2. The molecule has 1 aliphatic heterocycles. The Bertz CT molecular complexity index is 798. The molecular formula is C25H33NO4. The van der Waals surface area contributed by atoms with Crippen molar-refractivity contribution >= 4 is 11.9 Å². The maximum absolute atomic E-state index is 13.6. The highest BCUT2D eigenvalue weighted by Gasteiger charge is 2.61. The Kier molecular flexibility index (Phi) is 5.24. The van der Waals surface area contributed by atoms with Crippen LogP contribution in [0.1, 0.15) is 68.1 Å². The van der Waals surface area contributed by atoms with Crippen LogP contribution in [-0.4, -0.2) is 41.6 Å². The number of carboxylic acids is 1. The van der Waals surface area contributed by atoms with Crippen LogP contribution in [-0.2, 0) is 4.79 Å². The Hall–Kier alpha value is -2.04. The summed E-state index contributed by atoms with van der Waals surface area (Å²) in [6.07, 6.45) is 10.7. The summed E-state index contributed by atoms with van der Waals surface area (Å²) in [6.45, 7) is 2.45. The Morgan fingerprint density at radius 1 is 1.10 bits per heavy atom. The predicted octanol–water partition coefficient (Wildman–Crippen LogP) is 4.61. The van der Waals surface area contributed by atoms with Gasteiger partial charge in [-0.3, -0.25) is 4.79 Å². The second-order valence-electron chi connectivity index (χ2n) is 10.2. The Morgan fingerprint density at radius 2 is 1.87 bits per heavy atom. The van der Waals surface area contributed by atoms with E-state index in [0.717, 1.165) is 56.4 Å². The number of fused-ring (bicyclic) bond motifs is 1. The fourth-order valence-electron chi connectivity index (χ4n) is 7.17. The van der Waals surface area contributed by atoms with Crippen molar-refractivity contribution < 1.29 is 19.4 Å². The van der Waals surface area contributed by atoms with Crippen LogP contribution in [0.2, 0.25) is 0 Å². The van der Waals surface area contributed by atoms with Gasteiger partial charge in [-0.15, -0.1) is 0 Å². The Balaban J connectivity index is 1.09. The topological polar surface area (TPSA) is 66.8 Å². The first-order chi connectivity index (χ1) is 14.5. The highest BCUT2D eigenvalue weighted by molar-refractivity contribution is 5.87. The Labute approximate surface area is 178 Å². The first-order valence-electron chi connectivity index (χ1n) is 11.8. The van der Waals surface area contributed by atoms with Gasteiger partial charge < -0.3 is 14.7 Å². The fraction of sp³-hybridized carbons (Fsp3) is 0.680. The lowest BCUT2D eigenvalue weighted by Crippen LogP contribution is -2.52. The van der Waals surface area contributed by atoms with E-state index in [9.17, 15) is 9.59 Å². The van der Waals surface area contributed by atoms with Crippen molar-refractivity contribution in [1.82, 2.24) is 4.90 Å². The van der Waals surface area contributed by atoms with E-state index in [-0.39, 0.29) is 11.0 Å². The summed E-state index contributed by atoms with van der Waals surface area (Å²) in [5.41, 5.74) is 0.280. The molecule has 5 rings (SSSR count). The van der Waals surface area contributed by atoms with Crippen molar-refractivity contribution in [3.8, 4) is 5.75 Å². The van der Waals surface area contributed by atoms with E-state index in [1.165, 1.54) is 32.1 Å². The summed E-state index contributed by atoms with van der Waals surface area (Å²) in [5, 5.41) is 8.96. The van der Waals surface area contributed by atoms with Crippen molar-refractivity contribution in [2.24, 2.45) is 29.1 Å². The van der Waals surface area contributed by atoms with E-state index in [1.807, 2.05) is 0 Å². The zero-order valence-electron chi connectivity index (χ0n) is 17.7. The molecule has 1 aromatic carbocycles. The minimum absolute atomic E-state index is 0.00386. The van der Waals surface area contributed by atoms with Crippen LogP contribution in [0, 0.1) is 29.1 Å². The predicted molar refractivity (Wildman–Crippen MR) is 113 cm³/mol. The number of rotatable bonds is 6. The normalized spacial score (nSPS) is 32.9. The lowest BCUT2D eigenvalue weighted by atomic mass is 9.60. The average Bonchev–Trinajstić information content (AvgIpc) is 3.34. The number of piperidine rings is 1. The molecule has 1 aromatic rings. The largest absolute Gasteiger partial charge is 0.494 e. The van der Waals surface area contributed by atoms with Crippen LogP contribution in [0.25, 0.3) is 0 Å². The number of nitrogens with zero attached hydrogens (tertiary/aromatic N) is 1. The standard InChI is InChI=1S/C25H33NO4/c27-23(28)19-3-5-21(6-4-19)30-13-9-17-7-11-26(12-8-17)24(29)25-10-1-2-20-14-18(16-25)15-22(20)25/h3-6,17-18,20,22H,1-2,7-16H2,(H,27,28)/t18-,20-,22?,25-/m0/s1. The van der Waals surface area contributed by atoms with Crippen molar-refractivity contribution in [2.45, 2.75) is 57.8 Å². The van der Waals surface area contributed by atoms with Gasteiger partial charge in [0, 0.05) is 13.1 Å². The van der Waals surface area contributed by atoms with Crippen LogP contribution in [0.4, 0.5) is 0 Å². The summed E-state index contributed by atoms with van der Waals surface area (Å²) >= 11 is 0. The molecule has 0 aromatic heterocycles. The molecule has 5 nitrogen and oxygen atoms in total. The highest BCUT2D eigenvalue weighted by atomic mass is 16.5. The van der Waals surface area contributed by atoms with Crippen LogP contribution >= 0.6 is 0 Å². The third-order valence-corrected chi connectivity index (χ3v) is 8.58. The molecule has 1 unspecified atom stereocenters. The number of carboxylic acid groups (broad SMARTS) is 1. The number of hydrogen-bond acceptors (Lipinski definition) is 3. The van der Waals surface area contributed by atoms with Crippen LogP contribution in [0.5, 0.6) is 5.75 Å². The number of carbonyl (C=O) groups excluding carboxylic acids is 1. The van der Waals surface area contributed by atoms with Gasteiger partial charge >= 0.3 is 5.97 Å². The first kappa shape index (κ1) is 19.9. The van der Waals surface area contributed by atoms with Gasteiger partial charge in [0.05, 0.1) is 17.6 Å². The van der Waals surface area contributed by atoms with Gasteiger partial charge in [0.2, 0.25) is 5.91 Å². The summed E-state index contributed by atoms with van der Waals surface area (Å²) in [5.74, 6) is 3.23. The molecule has 4 atom stereocenters. The van der Waals surface area contributed by atoms with E-state index in [2.05, 4.69) is 4.90 Å². The average molecular weight is 412 g/mol. The second-order valence-corrected chi connectivity index (χ2v) is 10.2. The minimum atomic E-state index is -0.920. The lowest BCUT2D eigenvalue weighted by molar-refractivity contribution is -0.151. The third kappa shape index (κ3) is 3.50. The molecule has 4 fully saturated rings. The number of amides is 1. The van der Waals surface area contributed by atoms with Gasteiger partial charge in [-0.25, -0.2) is 4.79 Å². The molecule has 1 N–H and O–H groups in total. The third-order valence-electron chi connectivity index (χ3n) is 8.58. The molecule has 3 saturated carbocycles. The summed E-state index contributed by atoms with van der Waals surface area (Å²) in [4.78, 5) is 26.7. The quantitative estimate of drug-likeness (QED) is 0.742. The van der Waals surface area contributed by atoms with Gasteiger partial charge in [-0.05, 0) is 92.9 Å². The number of aromatic carboxylic acids is 1. The van der Waals surface area contributed by atoms with Crippen molar-refractivity contribution in [3.05, 3.63) is 29.8 Å². The molecule has 4 aliphatic rings. The summed E-state index contributed by atoms with van der Waals surface area (Å²) in [7, 11) is 0. The van der Waals surface area contributed by atoms with Gasteiger partial charge in [-0.2, -0.15) is 0 Å². The summed E-state index contributed by atoms with van der Waals surface area (Å²) < 4.78 is 5.81. The smallest absolute Gasteiger partial charge is 0.335 e. The first-order valence-corrected chi connectivity index (χ1v) is 11.8. The van der Waals surface area contributed by atoms with Gasteiger partial charge in [0.15, 0.2) is 0 Å². The van der Waals surface area contributed by atoms with Crippen molar-refractivity contribution in [2.75, 3.05) is 19.7 Å². The molecule has 1 saturated heterocycles. The molecule has 1 heterocycles. The zero-order chi connectivity index (χ0) is 20.7. The lowest BCUT2D eigenvalue weighted by Gasteiger charge is -2.48. The zero-order valence-corrected chi connectivity index (χ0v) is 17.7. The van der Waals surface area contributed by atoms with Gasteiger partial charge in [-0.1, -0.05) is 12.8 Å². The maximum Gasteiger partial charge on any atom is 0.335 e. The fourth-order valence-corrected chi connectivity index (χ4v) is 7.17. The van der Waals surface area contributed by atoms with E-state index < -0.39 is 5.97 Å². The van der Waals surface area contributed by atoms with E-state index in [1.54, 1.807) is 24.3 Å². The highest BCUT2D eigenvalue weighted by Crippen LogP contribution is 2.65. The molecule has 2 bridgehead atoms. The molecule has 5 heteroatoms. The molecule has 162 valence electrons. The molecular weight excluding hydrogens is 378 g/mol. The van der Waals surface area contributed by atoms with E-state index in [0.29, 0.717) is 24.3 Å². The van der Waals surface area contributed by atoms with Crippen LogP contribution in [0.15, 0.2) is 24.3 Å². The SMILES string of the molecule is O=C(O)c1ccc(OCCC2CCN(C(=O)[C@]34CCC[C@H]5C[C@@H](CC53)C4)CC2)cc1. The number of benzene rings is 1. The van der Waals surface area contributed by atoms with E-state index >= 15 is 0 Å². The molecule has 3 aliphatic carbocycles. The number of likely N-dealkylation sites (tertiary alicyclic amines) is 1. The van der Waals surface area contributed by atoms with Gasteiger partial charge in [0.25, 0.3) is 0 Å². The van der Waals surface area contributed by atoms with E-state index in [4.69, 9.17) is 9.84 Å². The molecule has 0 radical (unpaired) electrons. The molecule has 0 spiro atoms. The summed E-state index contributed by atoms with van der Waals surface area (Å²) in [6, 6.07) is 6.59. The van der Waals surface area contributed by atoms with Crippen molar-refractivity contribution in [1.29, 1.82) is 0 Å². The number of hydrogen-bond donors (Lipinski definition) is 1. The Morgan fingerprint density at radius 3 is 2.57 bits per heavy atom. The minimum Gasteiger partial charge on any atom is -0.494 e. The second kappa shape index (κ2) is 7.90. The van der Waals surface area contributed by atoms with Crippen LogP contribution < -0.4 is 4.74 Å². The van der Waals surface area contributed by atoms with Crippen LogP contribution in [0.3, 0.4) is 0 Å².